The number of thioether (sulfide) groups is 1. The summed E-state index contributed by atoms with van der Waals surface area (Å²) in [4.78, 5) is 13.4. The van der Waals surface area contributed by atoms with Gasteiger partial charge in [-0.25, -0.2) is 0 Å². The summed E-state index contributed by atoms with van der Waals surface area (Å²) in [6, 6.07) is 15.3. The molecular formula is C18H18O3S. The van der Waals surface area contributed by atoms with Crippen LogP contribution in [0.2, 0.25) is 0 Å². The Morgan fingerprint density at radius 3 is 2.55 bits per heavy atom. The summed E-state index contributed by atoms with van der Waals surface area (Å²) in [5.74, 6) is 1.68. The van der Waals surface area contributed by atoms with E-state index >= 15 is 0 Å². The van der Waals surface area contributed by atoms with Crippen molar-refractivity contribution >= 4 is 17.5 Å². The molecule has 0 aliphatic carbocycles. The van der Waals surface area contributed by atoms with Gasteiger partial charge in [0.05, 0.1) is 18.5 Å². The first kappa shape index (κ1) is 15.0. The second-order valence-electron chi connectivity index (χ2n) is 5.15. The van der Waals surface area contributed by atoms with Gasteiger partial charge in [-0.05, 0) is 25.1 Å². The number of ether oxygens (including phenoxy) is 2. The van der Waals surface area contributed by atoms with Crippen LogP contribution in [0.15, 0.2) is 53.4 Å². The van der Waals surface area contributed by atoms with Crippen molar-refractivity contribution in [2.45, 2.75) is 23.5 Å². The third-order valence-corrected chi connectivity index (χ3v) is 4.55. The van der Waals surface area contributed by atoms with Gasteiger partial charge in [-0.2, -0.15) is 0 Å². The average molecular weight is 314 g/mol. The van der Waals surface area contributed by atoms with Crippen LogP contribution in [-0.2, 0) is 0 Å². The lowest BCUT2D eigenvalue weighted by Gasteiger charge is -2.13. The molecule has 0 spiro atoms. The molecular weight excluding hydrogens is 296 g/mol. The summed E-state index contributed by atoms with van der Waals surface area (Å²) in [5.41, 5.74) is 0.747. The zero-order chi connectivity index (χ0) is 15.4. The maximum Gasteiger partial charge on any atom is 0.175 e. The number of carbonyl (C=O) groups is 1. The third kappa shape index (κ3) is 3.45. The van der Waals surface area contributed by atoms with Gasteiger partial charge < -0.3 is 9.47 Å². The fourth-order valence-corrected chi connectivity index (χ4v) is 3.28. The molecule has 1 aliphatic rings. The van der Waals surface area contributed by atoms with Crippen LogP contribution in [0.4, 0.5) is 0 Å². The number of hydrogen-bond donors (Lipinski definition) is 0. The molecule has 3 rings (SSSR count). The fraction of sp³-hybridized carbons (Fsp3) is 0.278. The van der Waals surface area contributed by atoms with Gasteiger partial charge in [-0.3, -0.25) is 4.79 Å². The Kier molecular flexibility index (Phi) is 4.68. The molecule has 1 aliphatic heterocycles. The van der Waals surface area contributed by atoms with Crippen molar-refractivity contribution in [3.63, 3.8) is 0 Å². The van der Waals surface area contributed by atoms with Gasteiger partial charge in [0.15, 0.2) is 17.3 Å². The van der Waals surface area contributed by atoms with Gasteiger partial charge in [-0.1, -0.05) is 30.3 Å². The molecule has 3 nitrogen and oxygen atoms in total. The molecule has 22 heavy (non-hydrogen) atoms. The zero-order valence-corrected chi connectivity index (χ0v) is 13.3. The molecule has 2 aromatic rings. The second-order valence-corrected chi connectivity index (χ2v) is 6.56. The highest BCUT2D eigenvalue weighted by molar-refractivity contribution is 8.00. The monoisotopic (exact) mass is 314 g/mol. The molecule has 0 fully saturated rings. The summed E-state index contributed by atoms with van der Waals surface area (Å²) >= 11 is 1.54. The molecule has 1 atom stereocenters. The highest BCUT2D eigenvalue weighted by atomic mass is 32.2. The first-order valence-corrected chi connectivity index (χ1v) is 8.27. The van der Waals surface area contributed by atoms with E-state index in [1.807, 2.05) is 55.5 Å². The predicted molar refractivity (Wildman–Crippen MR) is 88.1 cm³/mol. The van der Waals surface area contributed by atoms with E-state index in [4.69, 9.17) is 9.47 Å². The van der Waals surface area contributed by atoms with Crippen molar-refractivity contribution in [1.29, 1.82) is 0 Å². The van der Waals surface area contributed by atoms with Crippen LogP contribution < -0.4 is 9.47 Å². The van der Waals surface area contributed by atoms with E-state index in [0.29, 0.717) is 13.2 Å². The van der Waals surface area contributed by atoms with E-state index in [2.05, 4.69) is 0 Å². The molecule has 0 saturated heterocycles. The number of Topliss-reactive ketones (excluding diaryl/α,β-unsaturated/α-hetero) is 1. The molecule has 0 saturated carbocycles. The average Bonchev–Trinajstić information content (AvgIpc) is 2.79. The number of benzene rings is 2. The van der Waals surface area contributed by atoms with Crippen molar-refractivity contribution in [1.82, 2.24) is 0 Å². The first-order chi connectivity index (χ1) is 10.7. The minimum Gasteiger partial charge on any atom is -0.490 e. The van der Waals surface area contributed by atoms with E-state index in [1.54, 1.807) is 11.8 Å². The Hall–Kier alpha value is -1.94. The van der Waals surface area contributed by atoms with E-state index < -0.39 is 0 Å². The molecule has 4 heteroatoms. The summed E-state index contributed by atoms with van der Waals surface area (Å²) in [6.45, 7) is 3.28. The van der Waals surface area contributed by atoms with E-state index in [9.17, 15) is 4.79 Å². The van der Waals surface area contributed by atoms with Gasteiger partial charge in [0.1, 0.15) is 0 Å². The summed E-state index contributed by atoms with van der Waals surface area (Å²) < 4.78 is 11.3. The highest BCUT2D eigenvalue weighted by Crippen LogP contribution is 2.35. The first-order valence-electron chi connectivity index (χ1n) is 7.39. The van der Waals surface area contributed by atoms with Gasteiger partial charge in [0, 0.05) is 16.9 Å². The normalized spacial score (nSPS) is 15.0. The molecule has 0 N–H and O–H groups in total. The fourth-order valence-electron chi connectivity index (χ4n) is 2.31. The standard InChI is InChI=1S/C18H18O3S/c1-13(18(19)14-6-3-2-4-7-14)22-15-8-9-16-17(12-15)21-11-5-10-20-16/h2-4,6-9,12-13H,5,10-11H2,1H3. The molecule has 0 bridgehead atoms. The largest absolute Gasteiger partial charge is 0.490 e. The molecule has 114 valence electrons. The van der Waals surface area contributed by atoms with Gasteiger partial charge in [0.2, 0.25) is 0 Å². The van der Waals surface area contributed by atoms with E-state index in [1.165, 1.54) is 0 Å². The van der Waals surface area contributed by atoms with Crippen LogP contribution in [0.3, 0.4) is 0 Å². The van der Waals surface area contributed by atoms with Crippen LogP contribution in [0.25, 0.3) is 0 Å². The van der Waals surface area contributed by atoms with Gasteiger partial charge in [-0.15, -0.1) is 11.8 Å². The van der Waals surface area contributed by atoms with Crippen LogP contribution in [0.5, 0.6) is 11.5 Å². The molecule has 0 aromatic heterocycles. The van der Waals surface area contributed by atoms with Crippen LogP contribution in [0.1, 0.15) is 23.7 Å². The maximum absolute atomic E-state index is 12.4. The molecule has 0 amide bonds. The van der Waals surface area contributed by atoms with Gasteiger partial charge >= 0.3 is 0 Å². The smallest absolute Gasteiger partial charge is 0.175 e. The van der Waals surface area contributed by atoms with Gasteiger partial charge in [0.25, 0.3) is 0 Å². The van der Waals surface area contributed by atoms with Crippen LogP contribution in [-0.4, -0.2) is 24.2 Å². The Bertz CT molecular complexity index is 655. The zero-order valence-electron chi connectivity index (χ0n) is 12.5. The minimum atomic E-state index is -0.146. The highest BCUT2D eigenvalue weighted by Gasteiger charge is 2.18. The lowest BCUT2D eigenvalue weighted by atomic mass is 10.1. The Morgan fingerprint density at radius 2 is 1.77 bits per heavy atom. The molecule has 2 aromatic carbocycles. The molecule has 1 unspecified atom stereocenters. The maximum atomic E-state index is 12.4. The number of carbonyl (C=O) groups excluding carboxylic acids is 1. The van der Waals surface area contributed by atoms with Crippen LogP contribution in [0, 0.1) is 0 Å². The lowest BCUT2D eigenvalue weighted by Crippen LogP contribution is -2.13. The summed E-state index contributed by atoms with van der Waals surface area (Å²) in [7, 11) is 0. The Labute approximate surface area is 134 Å². The molecule has 1 heterocycles. The Morgan fingerprint density at radius 1 is 1.05 bits per heavy atom. The van der Waals surface area contributed by atoms with E-state index in [0.717, 1.165) is 28.4 Å². The van der Waals surface area contributed by atoms with Crippen LogP contribution >= 0.6 is 11.8 Å². The van der Waals surface area contributed by atoms with Crippen molar-refractivity contribution in [2.75, 3.05) is 13.2 Å². The topological polar surface area (TPSA) is 35.5 Å². The van der Waals surface area contributed by atoms with Crippen molar-refractivity contribution in [3.05, 3.63) is 54.1 Å². The quantitative estimate of drug-likeness (QED) is 0.625. The van der Waals surface area contributed by atoms with E-state index in [-0.39, 0.29) is 11.0 Å². The Balaban J connectivity index is 1.73. The predicted octanol–water partition coefficient (Wildman–Crippen LogP) is 4.21. The molecule has 0 radical (unpaired) electrons. The second kappa shape index (κ2) is 6.88. The lowest BCUT2D eigenvalue weighted by molar-refractivity contribution is 0.0994. The third-order valence-electron chi connectivity index (χ3n) is 3.46. The number of rotatable bonds is 4. The minimum absolute atomic E-state index is 0.137. The summed E-state index contributed by atoms with van der Waals surface area (Å²) in [6.07, 6.45) is 0.889. The van der Waals surface area contributed by atoms with Crippen molar-refractivity contribution in [2.24, 2.45) is 0 Å². The number of fused-ring (bicyclic) bond motifs is 1. The number of ketones is 1. The summed E-state index contributed by atoms with van der Waals surface area (Å²) in [5, 5.41) is -0.146. The van der Waals surface area contributed by atoms with Crippen molar-refractivity contribution < 1.29 is 14.3 Å². The SMILES string of the molecule is CC(Sc1ccc2c(c1)OCCCO2)C(=O)c1ccccc1. The van der Waals surface area contributed by atoms with Crippen molar-refractivity contribution in [3.8, 4) is 11.5 Å². The number of hydrogen-bond acceptors (Lipinski definition) is 4.